The molecule has 120 valence electrons. The van der Waals surface area contributed by atoms with Crippen molar-refractivity contribution in [2.24, 2.45) is 5.73 Å². The van der Waals surface area contributed by atoms with Crippen LogP contribution >= 0.6 is 0 Å². The molecule has 0 radical (unpaired) electrons. The van der Waals surface area contributed by atoms with Crippen LogP contribution in [0.5, 0.6) is 5.75 Å². The van der Waals surface area contributed by atoms with Crippen molar-refractivity contribution in [3.63, 3.8) is 0 Å². The van der Waals surface area contributed by atoms with Gasteiger partial charge in [-0.2, -0.15) is 0 Å². The van der Waals surface area contributed by atoms with E-state index in [0.29, 0.717) is 19.6 Å². The lowest BCUT2D eigenvalue weighted by molar-refractivity contribution is 0.315. The van der Waals surface area contributed by atoms with Crippen molar-refractivity contribution in [3.05, 3.63) is 54.0 Å². The Bertz CT molecular complexity index is 782. The molecule has 0 fully saturated rings. The van der Waals surface area contributed by atoms with Crippen molar-refractivity contribution in [3.8, 4) is 5.75 Å². The molecule has 1 atom stereocenters. The van der Waals surface area contributed by atoms with Gasteiger partial charge in [-0.05, 0) is 37.6 Å². The van der Waals surface area contributed by atoms with Gasteiger partial charge in [-0.3, -0.25) is 0 Å². The van der Waals surface area contributed by atoms with Crippen LogP contribution in [0.2, 0.25) is 0 Å². The second-order valence-electron chi connectivity index (χ2n) is 5.75. The van der Waals surface area contributed by atoms with Crippen molar-refractivity contribution in [2.45, 2.75) is 26.3 Å². The van der Waals surface area contributed by atoms with E-state index in [0.717, 1.165) is 28.3 Å². The number of hydrogen-bond acceptors (Lipinski definition) is 4. The topological polar surface area (TPSA) is 66.0 Å². The van der Waals surface area contributed by atoms with Crippen molar-refractivity contribution in [1.82, 2.24) is 14.5 Å². The summed E-state index contributed by atoms with van der Waals surface area (Å²) >= 11 is 0. The number of ether oxygens (including phenoxy) is 1. The van der Waals surface area contributed by atoms with E-state index in [4.69, 9.17) is 15.5 Å². The number of imidazole rings is 1. The molecule has 2 heterocycles. The van der Waals surface area contributed by atoms with Gasteiger partial charge in [0, 0.05) is 25.2 Å². The minimum atomic E-state index is 0.155. The maximum Gasteiger partial charge on any atom is 0.160 e. The van der Waals surface area contributed by atoms with Gasteiger partial charge in [-0.1, -0.05) is 18.2 Å². The van der Waals surface area contributed by atoms with E-state index in [1.165, 1.54) is 0 Å². The summed E-state index contributed by atoms with van der Waals surface area (Å²) in [7, 11) is 0. The SMILES string of the molecule is Cc1cnc2c(c1)nc(CCOc1ccccc1)n2C(C)CN. The minimum absolute atomic E-state index is 0.155. The number of nitrogens with two attached hydrogens (primary N) is 1. The molecule has 23 heavy (non-hydrogen) atoms. The predicted molar refractivity (Wildman–Crippen MR) is 91.7 cm³/mol. The number of benzene rings is 1. The smallest absolute Gasteiger partial charge is 0.160 e. The number of hydrogen-bond donors (Lipinski definition) is 1. The molecule has 0 bridgehead atoms. The van der Waals surface area contributed by atoms with Crippen LogP contribution in [0, 0.1) is 6.92 Å². The van der Waals surface area contributed by atoms with E-state index in [2.05, 4.69) is 22.5 Å². The quantitative estimate of drug-likeness (QED) is 0.760. The molecule has 0 aliphatic carbocycles. The summed E-state index contributed by atoms with van der Waals surface area (Å²) in [5, 5.41) is 0. The first-order valence-corrected chi connectivity index (χ1v) is 7.90. The van der Waals surface area contributed by atoms with Gasteiger partial charge in [-0.15, -0.1) is 0 Å². The van der Waals surface area contributed by atoms with Crippen LogP contribution in [0.15, 0.2) is 42.6 Å². The molecule has 5 heteroatoms. The highest BCUT2D eigenvalue weighted by molar-refractivity contribution is 5.72. The van der Waals surface area contributed by atoms with E-state index >= 15 is 0 Å². The summed E-state index contributed by atoms with van der Waals surface area (Å²) in [5.41, 5.74) is 8.78. The van der Waals surface area contributed by atoms with Gasteiger partial charge < -0.3 is 15.0 Å². The Labute approximate surface area is 136 Å². The number of rotatable bonds is 6. The summed E-state index contributed by atoms with van der Waals surface area (Å²) in [6.45, 7) is 5.23. The van der Waals surface area contributed by atoms with E-state index in [1.54, 1.807) is 0 Å². The van der Waals surface area contributed by atoms with Gasteiger partial charge >= 0.3 is 0 Å². The molecule has 2 aromatic heterocycles. The van der Waals surface area contributed by atoms with Gasteiger partial charge in [0.25, 0.3) is 0 Å². The molecule has 0 saturated heterocycles. The fraction of sp³-hybridized carbons (Fsp3) is 0.333. The van der Waals surface area contributed by atoms with Gasteiger partial charge in [0.15, 0.2) is 5.65 Å². The summed E-state index contributed by atoms with van der Waals surface area (Å²) in [6, 6.07) is 12.0. The average Bonchev–Trinajstić information content (AvgIpc) is 2.92. The number of aryl methyl sites for hydroxylation is 1. The van der Waals surface area contributed by atoms with E-state index < -0.39 is 0 Å². The molecule has 0 spiro atoms. The zero-order valence-electron chi connectivity index (χ0n) is 13.6. The van der Waals surface area contributed by atoms with E-state index in [-0.39, 0.29) is 6.04 Å². The summed E-state index contributed by atoms with van der Waals surface area (Å²) in [5.74, 6) is 1.84. The maximum atomic E-state index is 5.87. The molecule has 2 N–H and O–H groups in total. The van der Waals surface area contributed by atoms with E-state index in [1.807, 2.05) is 43.5 Å². The van der Waals surface area contributed by atoms with Crippen molar-refractivity contribution >= 4 is 11.2 Å². The number of aromatic nitrogens is 3. The number of nitrogens with zero attached hydrogens (tertiary/aromatic N) is 3. The summed E-state index contributed by atoms with van der Waals surface area (Å²) in [6.07, 6.45) is 2.59. The molecule has 5 nitrogen and oxygen atoms in total. The van der Waals surface area contributed by atoms with Gasteiger partial charge in [0.2, 0.25) is 0 Å². The Kier molecular flexibility index (Phi) is 4.57. The average molecular weight is 310 g/mol. The lowest BCUT2D eigenvalue weighted by Crippen LogP contribution is -2.19. The van der Waals surface area contributed by atoms with Crippen LogP contribution in [0.1, 0.15) is 24.4 Å². The molecular weight excluding hydrogens is 288 g/mol. The first-order valence-electron chi connectivity index (χ1n) is 7.90. The predicted octanol–water partition coefficient (Wildman–Crippen LogP) is 2.88. The van der Waals surface area contributed by atoms with Crippen molar-refractivity contribution in [2.75, 3.05) is 13.2 Å². The molecular formula is C18H22N4O. The fourth-order valence-electron chi connectivity index (χ4n) is 2.65. The monoisotopic (exact) mass is 310 g/mol. The van der Waals surface area contributed by atoms with Gasteiger partial charge in [-0.25, -0.2) is 9.97 Å². The Balaban J connectivity index is 1.84. The van der Waals surface area contributed by atoms with Crippen LogP contribution in [-0.4, -0.2) is 27.7 Å². The fourth-order valence-corrected chi connectivity index (χ4v) is 2.65. The highest BCUT2D eigenvalue weighted by atomic mass is 16.5. The highest BCUT2D eigenvalue weighted by Gasteiger charge is 2.16. The molecule has 3 rings (SSSR count). The second kappa shape index (κ2) is 6.79. The third-order valence-corrected chi connectivity index (χ3v) is 3.86. The Hall–Kier alpha value is -2.40. The molecule has 3 aromatic rings. The van der Waals surface area contributed by atoms with Crippen LogP contribution < -0.4 is 10.5 Å². The normalized spacial score (nSPS) is 12.5. The van der Waals surface area contributed by atoms with Gasteiger partial charge in [0.05, 0.1) is 6.61 Å². The van der Waals surface area contributed by atoms with Crippen LogP contribution in [0.3, 0.4) is 0 Å². The first-order chi connectivity index (χ1) is 11.2. The second-order valence-corrected chi connectivity index (χ2v) is 5.75. The third-order valence-electron chi connectivity index (χ3n) is 3.86. The zero-order chi connectivity index (χ0) is 16.2. The molecule has 1 unspecified atom stereocenters. The van der Waals surface area contributed by atoms with E-state index in [9.17, 15) is 0 Å². The van der Waals surface area contributed by atoms with Crippen LogP contribution in [0.25, 0.3) is 11.2 Å². The van der Waals surface area contributed by atoms with Gasteiger partial charge in [0.1, 0.15) is 17.1 Å². The van der Waals surface area contributed by atoms with Crippen molar-refractivity contribution in [1.29, 1.82) is 0 Å². The molecule has 1 aromatic carbocycles. The van der Waals surface area contributed by atoms with Crippen molar-refractivity contribution < 1.29 is 4.74 Å². The molecule has 0 amide bonds. The third kappa shape index (κ3) is 3.35. The number of para-hydroxylation sites is 1. The minimum Gasteiger partial charge on any atom is -0.493 e. The summed E-state index contributed by atoms with van der Waals surface area (Å²) in [4.78, 5) is 9.28. The largest absolute Gasteiger partial charge is 0.493 e. The number of fused-ring (bicyclic) bond motifs is 1. The van der Waals surface area contributed by atoms with Crippen LogP contribution in [-0.2, 0) is 6.42 Å². The van der Waals surface area contributed by atoms with Crippen LogP contribution in [0.4, 0.5) is 0 Å². The Morgan fingerprint density at radius 3 is 2.78 bits per heavy atom. The molecule has 0 saturated carbocycles. The first kappa shape index (κ1) is 15.5. The lowest BCUT2D eigenvalue weighted by atomic mass is 10.3. The Morgan fingerprint density at radius 2 is 2.04 bits per heavy atom. The standard InChI is InChI=1S/C18H22N4O/c1-13-10-16-18(20-12-13)22(14(2)11-19)17(21-16)8-9-23-15-6-4-3-5-7-15/h3-7,10,12,14H,8-9,11,19H2,1-2H3. The Morgan fingerprint density at radius 1 is 1.26 bits per heavy atom. The number of pyridine rings is 1. The summed E-state index contributed by atoms with van der Waals surface area (Å²) < 4.78 is 7.92. The lowest BCUT2D eigenvalue weighted by Gasteiger charge is -2.15. The maximum absolute atomic E-state index is 5.87. The molecule has 0 aliphatic rings. The highest BCUT2D eigenvalue weighted by Crippen LogP contribution is 2.20. The zero-order valence-corrected chi connectivity index (χ0v) is 13.6. The molecule has 0 aliphatic heterocycles.